The van der Waals surface area contributed by atoms with Gasteiger partial charge in [-0.3, -0.25) is 9.13 Å². The van der Waals surface area contributed by atoms with E-state index in [0.29, 0.717) is 5.52 Å². The van der Waals surface area contributed by atoms with Crippen molar-refractivity contribution in [2.75, 3.05) is 12.3 Å². The van der Waals surface area contributed by atoms with Gasteiger partial charge < -0.3 is 19.5 Å². The molecule has 2 N–H and O–H groups in total. The standard InChI is InChI=1S/C10H10ClFN5O4P/c11-10-15-7(13)5-8(16-10)17(2-14-5)9-4(12)6-3(20-9)1-19-22(18)21-6/h2-4,6,9,22H,1H2,(H2,13,15,16)/t3-,4+,6-,9-/m1/s1. The van der Waals surface area contributed by atoms with Gasteiger partial charge in [-0.25, -0.2) is 9.37 Å². The highest BCUT2D eigenvalue weighted by Gasteiger charge is 2.50. The van der Waals surface area contributed by atoms with Crippen molar-refractivity contribution in [1.82, 2.24) is 19.5 Å². The van der Waals surface area contributed by atoms with Crippen LogP contribution in [0, 0.1) is 0 Å². The van der Waals surface area contributed by atoms with Gasteiger partial charge in [0.2, 0.25) is 5.28 Å². The van der Waals surface area contributed by atoms with Gasteiger partial charge in [-0.05, 0) is 11.6 Å². The summed E-state index contributed by atoms with van der Waals surface area (Å²) >= 11 is 5.78. The van der Waals surface area contributed by atoms with Crippen LogP contribution in [0.3, 0.4) is 0 Å². The minimum absolute atomic E-state index is 0.00386. The number of ether oxygens (including phenoxy) is 1. The second-order valence-electron chi connectivity index (χ2n) is 4.85. The van der Waals surface area contributed by atoms with Crippen molar-refractivity contribution in [1.29, 1.82) is 0 Å². The molecule has 22 heavy (non-hydrogen) atoms. The van der Waals surface area contributed by atoms with Gasteiger partial charge in [-0.1, -0.05) is 0 Å². The van der Waals surface area contributed by atoms with E-state index < -0.39 is 32.9 Å². The maximum atomic E-state index is 14.6. The molecule has 4 heterocycles. The summed E-state index contributed by atoms with van der Waals surface area (Å²) in [7, 11) is -2.69. The SMILES string of the molecule is Nc1nc(Cl)nc2c1ncn2[C@@H]1O[C@@H]2CO[PH](=O)O[C@H]2[C@@H]1F. The number of anilines is 1. The first-order valence-electron chi connectivity index (χ1n) is 6.33. The number of hydrogen-bond donors (Lipinski definition) is 1. The Morgan fingerprint density at radius 1 is 1.50 bits per heavy atom. The van der Waals surface area contributed by atoms with Crippen molar-refractivity contribution in [2.24, 2.45) is 0 Å². The summed E-state index contributed by atoms with van der Waals surface area (Å²) in [6.45, 7) is 0.00386. The van der Waals surface area contributed by atoms with E-state index >= 15 is 0 Å². The summed E-state index contributed by atoms with van der Waals surface area (Å²) in [5.41, 5.74) is 6.25. The molecule has 0 radical (unpaired) electrons. The predicted octanol–water partition coefficient (Wildman–Crippen LogP) is 1.10. The van der Waals surface area contributed by atoms with Crippen molar-refractivity contribution >= 4 is 36.8 Å². The molecule has 0 saturated carbocycles. The van der Waals surface area contributed by atoms with Crippen LogP contribution in [0.2, 0.25) is 5.28 Å². The van der Waals surface area contributed by atoms with Gasteiger partial charge in [0, 0.05) is 0 Å². The number of nitrogens with two attached hydrogens (primary N) is 1. The largest absolute Gasteiger partial charge is 0.382 e. The van der Waals surface area contributed by atoms with Crippen LogP contribution in [0.4, 0.5) is 10.2 Å². The molecule has 2 fully saturated rings. The zero-order valence-corrected chi connectivity index (χ0v) is 12.6. The van der Waals surface area contributed by atoms with E-state index in [-0.39, 0.29) is 23.4 Å². The zero-order chi connectivity index (χ0) is 15.4. The first kappa shape index (κ1) is 14.3. The predicted molar refractivity (Wildman–Crippen MR) is 73.4 cm³/mol. The fourth-order valence-corrected chi connectivity index (χ4v) is 3.63. The number of fused-ring (bicyclic) bond motifs is 2. The third-order valence-electron chi connectivity index (χ3n) is 3.56. The monoisotopic (exact) mass is 349 g/mol. The minimum atomic E-state index is -2.69. The van der Waals surface area contributed by atoms with Crippen LogP contribution < -0.4 is 5.73 Å². The van der Waals surface area contributed by atoms with Crippen molar-refractivity contribution < 1.29 is 22.7 Å². The maximum absolute atomic E-state index is 14.6. The minimum Gasteiger partial charge on any atom is -0.382 e. The van der Waals surface area contributed by atoms with Crippen molar-refractivity contribution in [3.05, 3.63) is 11.6 Å². The van der Waals surface area contributed by atoms with E-state index in [2.05, 4.69) is 15.0 Å². The van der Waals surface area contributed by atoms with E-state index in [1.54, 1.807) is 0 Å². The molecular formula is C10H10ClFN5O4P. The number of alkyl halides is 1. The molecule has 2 aromatic heterocycles. The summed E-state index contributed by atoms with van der Waals surface area (Å²) in [4.78, 5) is 11.8. The Labute approximate surface area is 128 Å². The molecule has 9 nitrogen and oxygen atoms in total. The quantitative estimate of drug-likeness (QED) is 0.601. The Morgan fingerprint density at radius 3 is 3.14 bits per heavy atom. The number of aromatic nitrogens is 4. The normalized spacial score (nSPS) is 34.9. The molecule has 2 saturated heterocycles. The fraction of sp³-hybridized carbons (Fsp3) is 0.500. The third-order valence-corrected chi connectivity index (χ3v) is 4.60. The van der Waals surface area contributed by atoms with Gasteiger partial charge >= 0.3 is 8.25 Å². The van der Waals surface area contributed by atoms with Crippen LogP contribution in [-0.4, -0.2) is 44.5 Å². The van der Waals surface area contributed by atoms with E-state index in [0.717, 1.165) is 0 Å². The Bertz CT molecular complexity index is 775. The highest BCUT2D eigenvalue weighted by Crippen LogP contribution is 2.44. The second kappa shape index (κ2) is 5.10. The Hall–Kier alpha value is -1.32. The van der Waals surface area contributed by atoms with Gasteiger partial charge in [0.1, 0.15) is 17.7 Å². The maximum Gasteiger partial charge on any atom is 0.319 e. The molecule has 118 valence electrons. The first-order valence-corrected chi connectivity index (χ1v) is 7.93. The van der Waals surface area contributed by atoms with E-state index in [1.807, 2.05) is 0 Å². The van der Waals surface area contributed by atoms with E-state index in [1.165, 1.54) is 10.9 Å². The van der Waals surface area contributed by atoms with Gasteiger partial charge in [0.25, 0.3) is 0 Å². The van der Waals surface area contributed by atoms with Crippen molar-refractivity contribution in [3.8, 4) is 0 Å². The highest BCUT2D eigenvalue weighted by molar-refractivity contribution is 7.33. The molecular weight excluding hydrogens is 340 g/mol. The van der Waals surface area contributed by atoms with Crippen molar-refractivity contribution in [2.45, 2.75) is 24.6 Å². The number of nitrogen functional groups attached to an aromatic ring is 1. The fourth-order valence-electron chi connectivity index (χ4n) is 2.59. The Balaban J connectivity index is 1.75. The van der Waals surface area contributed by atoms with E-state index in [9.17, 15) is 8.96 Å². The molecule has 0 aromatic carbocycles. The lowest BCUT2D eigenvalue weighted by Gasteiger charge is -2.23. The molecule has 0 bridgehead atoms. The number of nitrogens with zero attached hydrogens (tertiary/aromatic N) is 4. The summed E-state index contributed by atoms with van der Waals surface area (Å²) in [6, 6.07) is 0. The van der Waals surface area contributed by atoms with Gasteiger partial charge in [0.05, 0.1) is 12.9 Å². The number of hydrogen-bond acceptors (Lipinski definition) is 8. The molecule has 5 atom stereocenters. The van der Waals surface area contributed by atoms with Crippen LogP contribution >= 0.6 is 19.9 Å². The van der Waals surface area contributed by atoms with Crippen molar-refractivity contribution in [3.63, 3.8) is 0 Å². The van der Waals surface area contributed by atoms with Crippen LogP contribution in [0.5, 0.6) is 0 Å². The average Bonchev–Trinajstić information content (AvgIpc) is 3.01. The molecule has 12 heteroatoms. The molecule has 0 amide bonds. The Morgan fingerprint density at radius 2 is 2.32 bits per heavy atom. The van der Waals surface area contributed by atoms with Crippen LogP contribution in [0.1, 0.15) is 6.23 Å². The number of rotatable bonds is 1. The Kier molecular flexibility index (Phi) is 3.31. The molecule has 2 aromatic rings. The molecule has 2 aliphatic heterocycles. The number of imidazole rings is 1. The highest BCUT2D eigenvalue weighted by atomic mass is 35.5. The molecule has 0 spiro atoms. The zero-order valence-electron chi connectivity index (χ0n) is 10.8. The lowest BCUT2D eigenvalue weighted by atomic mass is 10.1. The van der Waals surface area contributed by atoms with Crippen LogP contribution in [-0.2, 0) is 18.3 Å². The second-order valence-corrected chi connectivity index (χ2v) is 6.22. The summed E-state index contributed by atoms with van der Waals surface area (Å²) in [6.07, 6.45) is -2.89. The van der Waals surface area contributed by atoms with Gasteiger partial charge in [-0.2, -0.15) is 9.97 Å². The number of halogens is 2. The lowest BCUT2D eigenvalue weighted by Crippen LogP contribution is -2.35. The third kappa shape index (κ3) is 2.10. The molecule has 4 rings (SSSR count). The summed E-state index contributed by atoms with van der Waals surface area (Å²) in [5, 5.41) is -0.0813. The summed E-state index contributed by atoms with van der Waals surface area (Å²) in [5.74, 6) is 0.0872. The van der Waals surface area contributed by atoms with Gasteiger partial charge in [0.15, 0.2) is 23.9 Å². The van der Waals surface area contributed by atoms with Gasteiger partial charge in [-0.15, -0.1) is 0 Å². The topological polar surface area (TPSA) is 114 Å². The molecule has 2 aliphatic rings. The smallest absolute Gasteiger partial charge is 0.319 e. The average molecular weight is 350 g/mol. The van der Waals surface area contributed by atoms with E-state index in [4.69, 9.17) is 31.1 Å². The lowest BCUT2D eigenvalue weighted by molar-refractivity contribution is -0.0533. The molecule has 0 aliphatic carbocycles. The van der Waals surface area contributed by atoms with Crippen LogP contribution in [0.25, 0.3) is 11.2 Å². The van der Waals surface area contributed by atoms with Crippen LogP contribution in [0.15, 0.2) is 6.33 Å². The summed E-state index contributed by atoms with van der Waals surface area (Å²) < 4.78 is 42.7. The first-order chi connectivity index (χ1) is 10.5. The molecule has 1 unspecified atom stereocenters.